The zero-order valence-electron chi connectivity index (χ0n) is 11.7. The largest absolute Gasteiger partial charge is 0.481 e. The first kappa shape index (κ1) is 15.7. The molecule has 0 aliphatic carbocycles. The molecule has 7 heteroatoms. The summed E-state index contributed by atoms with van der Waals surface area (Å²) in [6, 6.07) is 1.58. The Bertz CT molecular complexity index is 622. The number of carboxylic acids is 1. The summed E-state index contributed by atoms with van der Waals surface area (Å²) in [5.74, 6) is -1.75. The van der Waals surface area contributed by atoms with Gasteiger partial charge >= 0.3 is 5.97 Å². The molecule has 1 amide bonds. The number of carbonyl (C=O) groups excluding carboxylic acids is 1. The highest BCUT2D eigenvalue weighted by Gasteiger charge is 2.21. The van der Waals surface area contributed by atoms with E-state index in [1.807, 2.05) is 22.2 Å². The fourth-order valence-corrected chi connectivity index (χ4v) is 3.25. The van der Waals surface area contributed by atoms with Gasteiger partial charge < -0.3 is 10.4 Å². The van der Waals surface area contributed by atoms with Crippen molar-refractivity contribution in [3.63, 3.8) is 0 Å². The van der Waals surface area contributed by atoms with Gasteiger partial charge in [0.2, 0.25) is 5.91 Å². The smallest absolute Gasteiger partial charge is 0.308 e. The number of hydrogen-bond acceptors (Lipinski definition) is 5. The molecule has 0 spiro atoms. The predicted molar refractivity (Wildman–Crippen MR) is 83.5 cm³/mol. The van der Waals surface area contributed by atoms with Gasteiger partial charge in [0.15, 0.2) is 0 Å². The molecule has 21 heavy (non-hydrogen) atoms. The molecule has 0 radical (unpaired) electrons. The standard InChI is InChI=1S/C14H16N2O3S2/c1-8(14(18)19)9(2)15-12(17)5-11-7-21-13(16-11)10-3-4-20-6-10/h3-4,6-9H,5H2,1-2H3,(H,15,17)(H,18,19). The Morgan fingerprint density at radius 1 is 1.38 bits per heavy atom. The molecule has 0 saturated heterocycles. The predicted octanol–water partition coefficient (Wildman–Crippen LogP) is 2.64. The zero-order valence-corrected chi connectivity index (χ0v) is 13.3. The minimum absolute atomic E-state index is 0.164. The normalized spacial score (nSPS) is 13.6. The van der Waals surface area contributed by atoms with Crippen LogP contribution in [0.5, 0.6) is 0 Å². The van der Waals surface area contributed by atoms with Crippen molar-refractivity contribution in [3.8, 4) is 10.6 Å². The van der Waals surface area contributed by atoms with E-state index in [9.17, 15) is 9.59 Å². The van der Waals surface area contributed by atoms with Crippen LogP contribution in [0.3, 0.4) is 0 Å². The minimum atomic E-state index is -0.920. The van der Waals surface area contributed by atoms with Crippen molar-refractivity contribution in [2.75, 3.05) is 0 Å². The number of aliphatic carboxylic acids is 1. The van der Waals surface area contributed by atoms with Crippen LogP contribution in [0, 0.1) is 5.92 Å². The van der Waals surface area contributed by atoms with E-state index in [0.29, 0.717) is 5.69 Å². The van der Waals surface area contributed by atoms with E-state index in [-0.39, 0.29) is 12.3 Å². The van der Waals surface area contributed by atoms with E-state index in [0.717, 1.165) is 10.6 Å². The molecule has 2 heterocycles. The molecule has 0 saturated carbocycles. The summed E-state index contributed by atoms with van der Waals surface area (Å²) in [5.41, 5.74) is 1.76. The fourth-order valence-electron chi connectivity index (χ4n) is 1.72. The molecule has 0 aromatic carbocycles. The first-order chi connectivity index (χ1) is 9.97. The number of hydrogen-bond donors (Lipinski definition) is 2. The number of nitrogens with zero attached hydrogens (tertiary/aromatic N) is 1. The number of thiophene rings is 1. The topological polar surface area (TPSA) is 79.3 Å². The number of aromatic nitrogens is 1. The highest BCUT2D eigenvalue weighted by Crippen LogP contribution is 2.25. The Morgan fingerprint density at radius 2 is 2.14 bits per heavy atom. The third kappa shape index (κ3) is 4.12. The number of carboxylic acid groups (broad SMARTS) is 1. The lowest BCUT2D eigenvalue weighted by Crippen LogP contribution is -2.40. The molecule has 5 nitrogen and oxygen atoms in total. The molecule has 0 bridgehead atoms. The molecule has 0 aliphatic rings. The van der Waals surface area contributed by atoms with Crippen molar-refractivity contribution in [1.29, 1.82) is 0 Å². The first-order valence-electron chi connectivity index (χ1n) is 6.46. The van der Waals surface area contributed by atoms with Gasteiger partial charge in [-0.3, -0.25) is 9.59 Å². The molecule has 2 unspecified atom stereocenters. The van der Waals surface area contributed by atoms with Gasteiger partial charge in [0.25, 0.3) is 0 Å². The summed E-state index contributed by atoms with van der Waals surface area (Å²) in [5, 5.41) is 18.4. The number of nitrogens with one attached hydrogen (secondary N) is 1. The van der Waals surface area contributed by atoms with Crippen LogP contribution < -0.4 is 5.32 Å². The van der Waals surface area contributed by atoms with E-state index >= 15 is 0 Å². The second kappa shape index (κ2) is 6.82. The van der Waals surface area contributed by atoms with Gasteiger partial charge in [-0.25, -0.2) is 4.98 Å². The van der Waals surface area contributed by atoms with Crippen LogP contribution in [0.15, 0.2) is 22.2 Å². The van der Waals surface area contributed by atoms with Gasteiger partial charge in [-0.05, 0) is 25.3 Å². The van der Waals surface area contributed by atoms with E-state index in [4.69, 9.17) is 5.11 Å². The maximum atomic E-state index is 11.9. The average molecular weight is 324 g/mol. The summed E-state index contributed by atoms with van der Waals surface area (Å²) < 4.78 is 0. The van der Waals surface area contributed by atoms with Crippen molar-refractivity contribution in [2.45, 2.75) is 26.3 Å². The van der Waals surface area contributed by atoms with Gasteiger partial charge in [-0.2, -0.15) is 11.3 Å². The number of rotatable bonds is 6. The Hall–Kier alpha value is -1.73. The Labute approximate surface area is 130 Å². The summed E-state index contributed by atoms with van der Waals surface area (Å²) >= 11 is 3.10. The van der Waals surface area contributed by atoms with Crippen LogP contribution >= 0.6 is 22.7 Å². The lowest BCUT2D eigenvalue weighted by molar-refractivity contribution is -0.142. The Morgan fingerprint density at radius 3 is 2.76 bits per heavy atom. The summed E-state index contributed by atoms with van der Waals surface area (Å²) in [6.45, 7) is 3.26. The number of thiazole rings is 1. The van der Waals surface area contributed by atoms with E-state index in [1.165, 1.54) is 11.3 Å². The van der Waals surface area contributed by atoms with Crippen LogP contribution in [0.2, 0.25) is 0 Å². The Balaban J connectivity index is 1.93. The van der Waals surface area contributed by atoms with Crippen LogP contribution in [0.25, 0.3) is 10.6 Å². The minimum Gasteiger partial charge on any atom is -0.481 e. The zero-order chi connectivity index (χ0) is 15.4. The van der Waals surface area contributed by atoms with Gasteiger partial charge in [0, 0.05) is 22.4 Å². The molecule has 2 rings (SSSR count). The van der Waals surface area contributed by atoms with Crippen molar-refractivity contribution < 1.29 is 14.7 Å². The molecule has 0 aliphatic heterocycles. The van der Waals surface area contributed by atoms with Crippen LogP contribution in [0.1, 0.15) is 19.5 Å². The van der Waals surface area contributed by atoms with Crippen LogP contribution in [-0.2, 0) is 16.0 Å². The lowest BCUT2D eigenvalue weighted by atomic mass is 10.0. The highest BCUT2D eigenvalue weighted by atomic mass is 32.1. The summed E-state index contributed by atoms with van der Waals surface area (Å²) in [7, 11) is 0. The number of amides is 1. The van der Waals surface area contributed by atoms with Gasteiger partial charge in [0.1, 0.15) is 5.01 Å². The molecule has 112 valence electrons. The third-order valence-electron chi connectivity index (χ3n) is 3.19. The SMILES string of the molecule is CC(NC(=O)Cc1csc(-c2ccsc2)n1)C(C)C(=O)O. The van der Waals surface area contributed by atoms with Gasteiger partial charge in [0.05, 0.1) is 18.0 Å². The van der Waals surface area contributed by atoms with Crippen LogP contribution in [-0.4, -0.2) is 28.0 Å². The molecule has 2 N–H and O–H groups in total. The number of carbonyl (C=O) groups is 2. The molecule has 2 atom stereocenters. The quantitative estimate of drug-likeness (QED) is 0.856. The van der Waals surface area contributed by atoms with Gasteiger partial charge in [-0.1, -0.05) is 0 Å². The van der Waals surface area contributed by atoms with Gasteiger partial charge in [-0.15, -0.1) is 11.3 Å². The van der Waals surface area contributed by atoms with Crippen molar-refractivity contribution in [2.24, 2.45) is 5.92 Å². The maximum Gasteiger partial charge on any atom is 0.308 e. The molecular weight excluding hydrogens is 308 g/mol. The van der Waals surface area contributed by atoms with E-state index in [2.05, 4.69) is 10.3 Å². The molecular formula is C14H16N2O3S2. The average Bonchev–Trinajstić information content (AvgIpc) is 3.07. The second-order valence-electron chi connectivity index (χ2n) is 4.82. The third-order valence-corrected chi connectivity index (χ3v) is 4.81. The van der Waals surface area contributed by atoms with Crippen LogP contribution in [0.4, 0.5) is 0 Å². The molecule has 0 fully saturated rings. The second-order valence-corrected chi connectivity index (χ2v) is 6.45. The summed E-state index contributed by atoms with van der Waals surface area (Å²) in [4.78, 5) is 27.2. The maximum absolute atomic E-state index is 11.9. The summed E-state index contributed by atoms with van der Waals surface area (Å²) in [6.07, 6.45) is 0.164. The molecule has 2 aromatic heterocycles. The fraction of sp³-hybridized carbons (Fsp3) is 0.357. The van der Waals surface area contributed by atoms with Crippen molar-refractivity contribution >= 4 is 34.6 Å². The monoisotopic (exact) mass is 324 g/mol. The first-order valence-corrected chi connectivity index (χ1v) is 8.28. The lowest BCUT2D eigenvalue weighted by Gasteiger charge is -2.17. The molecule has 2 aromatic rings. The van der Waals surface area contributed by atoms with Crippen molar-refractivity contribution in [1.82, 2.24) is 10.3 Å². The van der Waals surface area contributed by atoms with Crippen molar-refractivity contribution in [3.05, 3.63) is 27.9 Å². The van der Waals surface area contributed by atoms with E-state index in [1.54, 1.807) is 25.2 Å². The van der Waals surface area contributed by atoms with E-state index < -0.39 is 17.9 Å². The highest BCUT2D eigenvalue weighted by molar-refractivity contribution is 7.14. The Kier molecular flexibility index (Phi) is 5.08.